The van der Waals surface area contributed by atoms with Crippen molar-refractivity contribution in [2.75, 3.05) is 36.9 Å². The summed E-state index contributed by atoms with van der Waals surface area (Å²) >= 11 is 0. The maximum absolute atomic E-state index is 12.3. The van der Waals surface area contributed by atoms with Crippen molar-refractivity contribution in [3.63, 3.8) is 0 Å². The summed E-state index contributed by atoms with van der Waals surface area (Å²) in [5, 5.41) is 3.54. The van der Waals surface area contributed by atoms with Crippen LogP contribution < -0.4 is 10.2 Å². The van der Waals surface area contributed by atoms with Crippen LogP contribution in [-0.4, -0.2) is 59.3 Å². The van der Waals surface area contributed by atoms with Gasteiger partial charge in [-0.1, -0.05) is 12.1 Å². The summed E-state index contributed by atoms with van der Waals surface area (Å²) in [5.41, 5.74) is 1.35. The van der Waals surface area contributed by atoms with Gasteiger partial charge in [0.15, 0.2) is 11.6 Å². The minimum atomic E-state index is -0.462. The second-order valence-corrected chi connectivity index (χ2v) is 9.26. The highest BCUT2D eigenvalue weighted by Crippen LogP contribution is 2.31. The summed E-state index contributed by atoms with van der Waals surface area (Å²) in [5.74, 6) is 2.12. The van der Waals surface area contributed by atoms with Gasteiger partial charge in [0, 0.05) is 32.7 Å². The molecule has 1 aromatic heterocycles. The lowest BCUT2D eigenvalue weighted by atomic mass is 10.1. The lowest BCUT2D eigenvalue weighted by molar-refractivity contribution is 0.0288. The average molecular weight is 398 g/mol. The van der Waals surface area contributed by atoms with Gasteiger partial charge in [0.2, 0.25) is 0 Å². The Labute approximate surface area is 172 Å². The lowest BCUT2D eigenvalue weighted by Crippen LogP contribution is -2.36. The zero-order chi connectivity index (χ0) is 20.6. The number of rotatable bonds is 5. The lowest BCUT2D eigenvalue weighted by Gasteiger charge is -2.26. The molecule has 7 nitrogen and oxygen atoms in total. The van der Waals surface area contributed by atoms with Crippen molar-refractivity contribution >= 4 is 28.8 Å². The van der Waals surface area contributed by atoms with Crippen LogP contribution in [0.25, 0.3) is 11.0 Å². The predicted molar refractivity (Wildman–Crippen MR) is 115 cm³/mol. The van der Waals surface area contributed by atoms with Crippen molar-refractivity contribution in [2.24, 2.45) is 5.92 Å². The maximum atomic E-state index is 12.3. The van der Waals surface area contributed by atoms with Gasteiger partial charge < -0.3 is 19.9 Å². The Hall–Kier alpha value is -2.57. The standard InChI is InChI=1S/C22H31N5O2/c1-22(2,3)29-21(28)27-12-11-15(14-27)13-26(4)20-19(23-16-9-10-16)24-17-7-5-6-8-18(17)25-20/h5-8,15-16H,9-14H2,1-4H3,(H,23,24)/t15-/m0/s1. The van der Waals surface area contributed by atoms with Crippen molar-refractivity contribution in [2.45, 2.75) is 51.7 Å². The van der Waals surface area contributed by atoms with E-state index in [0.717, 1.165) is 42.2 Å². The van der Waals surface area contributed by atoms with Crippen LogP contribution in [0.3, 0.4) is 0 Å². The first-order valence-electron chi connectivity index (χ1n) is 10.5. The topological polar surface area (TPSA) is 70.6 Å². The zero-order valence-electron chi connectivity index (χ0n) is 17.8. The van der Waals surface area contributed by atoms with E-state index in [9.17, 15) is 4.79 Å². The van der Waals surface area contributed by atoms with E-state index >= 15 is 0 Å². The van der Waals surface area contributed by atoms with Crippen LogP contribution in [0.1, 0.15) is 40.0 Å². The summed E-state index contributed by atoms with van der Waals surface area (Å²) in [7, 11) is 2.06. The minimum absolute atomic E-state index is 0.218. The Bertz CT molecular complexity index is 890. The van der Waals surface area contributed by atoms with Gasteiger partial charge >= 0.3 is 6.09 Å². The molecule has 2 aliphatic rings. The highest BCUT2D eigenvalue weighted by molar-refractivity contribution is 5.80. The molecule has 4 rings (SSSR count). The van der Waals surface area contributed by atoms with Crippen LogP contribution in [0.2, 0.25) is 0 Å². The summed E-state index contributed by atoms with van der Waals surface area (Å²) in [6.07, 6.45) is 3.12. The van der Waals surface area contributed by atoms with Gasteiger partial charge in [-0.25, -0.2) is 14.8 Å². The number of carbonyl (C=O) groups is 1. The molecule has 1 saturated carbocycles. The number of likely N-dealkylation sites (tertiary alicyclic amines) is 1. The summed E-state index contributed by atoms with van der Waals surface area (Å²) < 4.78 is 5.52. The number of para-hydroxylation sites is 2. The molecule has 1 aromatic carbocycles. The number of nitrogens with one attached hydrogen (secondary N) is 1. The van der Waals surface area contributed by atoms with Gasteiger partial charge in [0.25, 0.3) is 0 Å². The molecule has 1 amide bonds. The van der Waals surface area contributed by atoms with Crippen LogP contribution in [0.15, 0.2) is 24.3 Å². The number of hydrogen-bond acceptors (Lipinski definition) is 6. The largest absolute Gasteiger partial charge is 0.444 e. The number of ether oxygens (including phenoxy) is 1. The number of aromatic nitrogens is 2. The highest BCUT2D eigenvalue weighted by atomic mass is 16.6. The van der Waals surface area contributed by atoms with Crippen molar-refractivity contribution in [1.82, 2.24) is 14.9 Å². The first kappa shape index (κ1) is 19.7. The molecule has 7 heteroatoms. The number of fused-ring (bicyclic) bond motifs is 1. The molecule has 156 valence electrons. The molecule has 0 unspecified atom stereocenters. The Kier molecular flexibility index (Phi) is 5.23. The number of nitrogens with zero attached hydrogens (tertiary/aromatic N) is 4. The highest BCUT2D eigenvalue weighted by Gasteiger charge is 2.31. The predicted octanol–water partition coefficient (Wildman–Crippen LogP) is 3.90. The molecule has 1 atom stereocenters. The van der Waals surface area contributed by atoms with Crippen LogP contribution in [0, 0.1) is 5.92 Å². The number of carbonyl (C=O) groups excluding carboxylic acids is 1. The monoisotopic (exact) mass is 397 g/mol. The number of anilines is 2. The third kappa shape index (κ3) is 4.89. The minimum Gasteiger partial charge on any atom is -0.444 e. The van der Waals surface area contributed by atoms with Crippen molar-refractivity contribution in [3.8, 4) is 0 Å². The molecule has 1 aliphatic carbocycles. The molecule has 2 fully saturated rings. The first-order valence-corrected chi connectivity index (χ1v) is 10.5. The zero-order valence-corrected chi connectivity index (χ0v) is 17.8. The Morgan fingerprint density at radius 3 is 2.55 bits per heavy atom. The van der Waals surface area contributed by atoms with Crippen LogP contribution in [0.4, 0.5) is 16.4 Å². The third-order valence-corrected chi connectivity index (χ3v) is 5.30. The smallest absolute Gasteiger partial charge is 0.410 e. The second kappa shape index (κ2) is 7.69. The van der Waals surface area contributed by atoms with E-state index < -0.39 is 5.60 Å². The van der Waals surface area contributed by atoms with E-state index in [-0.39, 0.29) is 6.09 Å². The third-order valence-electron chi connectivity index (χ3n) is 5.30. The Morgan fingerprint density at radius 2 is 1.90 bits per heavy atom. The quantitative estimate of drug-likeness (QED) is 0.825. The van der Waals surface area contributed by atoms with E-state index in [1.807, 2.05) is 49.9 Å². The summed E-state index contributed by atoms with van der Waals surface area (Å²) in [6.45, 7) is 7.98. The molecule has 29 heavy (non-hydrogen) atoms. The van der Waals surface area contributed by atoms with E-state index in [1.54, 1.807) is 0 Å². The Morgan fingerprint density at radius 1 is 1.21 bits per heavy atom. The van der Waals surface area contributed by atoms with Crippen molar-refractivity contribution in [3.05, 3.63) is 24.3 Å². The number of amides is 1. The van der Waals surface area contributed by atoms with Gasteiger partial charge in [0.1, 0.15) is 5.60 Å². The fraction of sp³-hybridized carbons (Fsp3) is 0.591. The fourth-order valence-corrected chi connectivity index (χ4v) is 3.72. The first-order chi connectivity index (χ1) is 13.8. The Balaban J connectivity index is 1.46. The molecule has 0 bridgehead atoms. The summed E-state index contributed by atoms with van der Waals surface area (Å²) in [6, 6.07) is 8.49. The normalized spacial score (nSPS) is 19.4. The second-order valence-electron chi connectivity index (χ2n) is 9.26. The van der Waals surface area contributed by atoms with E-state index in [4.69, 9.17) is 14.7 Å². The number of benzene rings is 1. The molecule has 0 radical (unpaired) electrons. The molecule has 1 saturated heterocycles. The molecule has 2 heterocycles. The van der Waals surface area contributed by atoms with E-state index in [2.05, 4.69) is 17.3 Å². The molecule has 1 aliphatic heterocycles. The van der Waals surface area contributed by atoms with E-state index in [0.29, 0.717) is 18.5 Å². The van der Waals surface area contributed by atoms with Gasteiger partial charge in [-0.15, -0.1) is 0 Å². The van der Waals surface area contributed by atoms with Crippen molar-refractivity contribution in [1.29, 1.82) is 0 Å². The summed E-state index contributed by atoms with van der Waals surface area (Å²) in [4.78, 5) is 26.1. The molecule has 0 spiro atoms. The molecule has 2 aromatic rings. The maximum Gasteiger partial charge on any atom is 0.410 e. The van der Waals surface area contributed by atoms with Gasteiger partial charge in [-0.3, -0.25) is 0 Å². The van der Waals surface area contributed by atoms with Crippen molar-refractivity contribution < 1.29 is 9.53 Å². The van der Waals surface area contributed by atoms with Crippen LogP contribution in [-0.2, 0) is 4.74 Å². The molecule has 1 N–H and O–H groups in total. The fourth-order valence-electron chi connectivity index (χ4n) is 3.72. The van der Waals surface area contributed by atoms with E-state index in [1.165, 1.54) is 12.8 Å². The van der Waals surface area contributed by atoms with Gasteiger partial charge in [0.05, 0.1) is 11.0 Å². The van der Waals surface area contributed by atoms with Gasteiger partial charge in [-0.2, -0.15) is 0 Å². The van der Waals surface area contributed by atoms with Crippen LogP contribution >= 0.6 is 0 Å². The van der Waals surface area contributed by atoms with Gasteiger partial charge in [-0.05, 0) is 58.1 Å². The average Bonchev–Trinajstić information content (AvgIpc) is 3.34. The molecular formula is C22H31N5O2. The number of hydrogen-bond donors (Lipinski definition) is 1. The molecular weight excluding hydrogens is 366 g/mol. The SMILES string of the molecule is CN(C[C@@H]1CCN(C(=O)OC(C)(C)C)C1)c1nc2ccccc2nc1NC1CC1. The van der Waals surface area contributed by atoms with Crippen LogP contribution in [0.5, 0.6) is 0 Å².